The molecule has 0 aromatic heterocycles. The molecule has 4 N–H and O–H groups in total. The maximum atomic E-state index is 12.6. The van der Waals surface area contributed by atoms with Gasteiger partial charge in [-0.05, 0) is 42.0 Å². The van der Waals surface area contributed by atoms with Gasteiger partial charge in [0.25, 0.3) is 0 Å². The van der Waals surface area contributed by atoms with E-state index in [-0.39, 0.29) is 27.3 Å². The molecule has 0 fully saturated rings. The first-order chi connectivity index (χ1) is 13.6. The second-order valence-electron chi connectivity index (χ2n) is 5.51. The van der Waals surface area contributed by atoms with Crippen LogP contribution in [0.4, 0.5) is 10.5 Å². The summed E-state index contributed by atoms with van der Waals surface area (Å²) in [5, 5.41) is 6.05. The Morgan fingerprint density at radius 1 is 1.21 bits per heavy atom. The number of amides is 3. The number of hydrogen-bond acceptors (Lipinski definition) is 7. The molecule has 0 saturated heterocycles. The molecule has 12 heteroatoms. The maximum absolute atomic E-state index is 12.6. The zero-order chi connectivity index (χ0) is 21.6. The highest BCUT2D eigenvalue weighted by Gasteiger charge is 2.22. The summed E-state index contributed by atoms with van der Waals surface area (Å²) in [6, 6.07) is 7.30. The van der Waals surface area contributed by atoms with Crippen molar-refractivity contribution in [2.45, 2.75) is 11.8 Å². The molecule has 10 nitrogen and oxygen atoms in total. The van der Waals surface area contributed by atoms with Crippen LogP contribution in [0.5, 0.6) is 11.5 Å². The third kappa shape index (κ3) is 6.09. The number of nitrogens with two attached hydrogens (primary N) is 1. The molecule has 2 aromatic rings. The summed E-state index contributed by atoms with van der Waals surface area (Å²) in [5.74, 6) is -0.486. The maximum Gasteiger partial charge on any atom is 0.339 e. The zero-order valence-electron chi connectivity index (χ0n) is 15.3. The van der Waals surface area contributed by atoms with Crippen molar-refractivity contribution in [2.24, 2.45) is 10.8 Å². The van der Waals surface area contributed by atoms with E-state index in [0.29, 0.717) is 11.3 Å². The molecular weight excluding hydrogens is 424 g/mol. The lowest BCUT2D eigenvalue weighted by molar-refractivity contribution is -0.114. The van der Waals surface area contributed by atoms with E-state index in [4.69, 9.17) is 26.3 Å². The quantitative estimate of drug-likeness (QED) is 0.341. The van der Waals surface area contributed by atoms with Crippen LogP contribution in [0.1, 0.15) is 12.5 Å². The first-order valence-electron chi connectivity index (χ1n) is 7.90. The van der Waals surface area contributed by atoms with Crippen molar-refractivity contribution >= 4 is 45.6 Å². The number of anilines is 1. The molecule has 0 aliphatic rings. The molecule has 0 aliphatic carbocycles. The van der Waals surface area contributed by atoms with Crippen LogP contribution in [-0.2, 0) is 14.9 Å². The number of hydrazone groups is 1. The van der Waals surface area contributed by atoms with Gasteiger partial charge in [0, 0.05) is 12.6 Å². The Labute approximate surface area is 171 Å². The molecule has 2 rings (SSSR count). The fourth-order valence-corrected chi connectivity index (χ4v) is 3.39. The number of halogens is 1. The molecule has 0 radical (unpaired) electrons. The molecule has 29 heavy (non-hydrogen) atoms. The zero-order valence-corrected chi connectivity index (χ0v) is 16.9. The summed E-state index contributed by atoms with van der Waals surface area (Å²) in [6.45, 7) is 1.33. The van der Waals surface area contributed by atoms with E-state index in [0.717, 1.165) is 0 Å². The first kappa shape index (κ1) is 22.0. The fraction of sp³-hybridized carbons (Fsp3) is 0.118. The van der Waals surface area contributed by atoms with Crippen molar-refractivity contribution in [2.75, 3.05) is 12.4 Å². The molecule has 0 saturated carbocycles. The number of carbonyl (C=O) groups is 2. The predicted molar refractivity (Wildman–Crippen MR) is 107 cm³/mol. The first-order valence-corrected chi connectivity index (χ1v) is 9.69. The highest BCUT2D eigenvalue weighted by molar-refractivity contribution is 7.87. The van der Waals surface area contributed by atoms with Crippen molar-refractivity contribution in [3.05, 3.63) is 47.0 Å². The van der Waals surface area contributed by atoms with Crippen molar-refractivity contribution < 1.29 is 26.9 Å². The summed E-state index contributed by atoms with van der Waals surface area (Å²) < 4.78 is 35.4. The SMILES string of the molecule is COc1cc(/C=N\NC(N)=O)cc(Cl)c1OS(=O)(=O)c1ccc(NC(C)=O)cc1. The number of nitrogens with one attached hydrogen (secondary N) is 2. The monoisotopic (exact) mass is 440 g/mol. The summed E-state index contributed by atoms with van der Waals surface area (Å²) >= 11 is 6.14. The van der Waals surface area contributed by atoms with Gasteiger partial charge in [-0.2, -0.15) is 13.5 Å². The number of hydrogen-bond donors (Lipinski definition) is 3. The molecule has 0 heterocycles. The standard InChI is InChI=1S/C17H17ClN4O6S/c1-10(23)21-12-3-5-13(6-4-12)29(25,26)28-16-14(18)7-11(8-15(16)27-2)9-20-22-17(19)24/h3-9H,1-2H3,(H,21,23)(H3,19,22,24)/b20-9-. The van der Waals surface area contributed by atoms with Gasteiger partial charge < -0.3 is 20.0 Å². The number of nitrogens with zero attached hydrogens (tertiary/aromatic N) is 1. The van der Waals surface area contributed by atoms with Crippen LogP contribution >= 0.6 is 11.6 Å². The van der Waals surface area contributed by atoms with Crippen LogP contribution < -0.4 is 25.4 Å². The van der Waals surface area contributed by atoms with Crippen molar-refractivity contribution in [1.29, 1.82) is 0 Å². The Balaban J connectivity index is 2.30. The topological polar surface area (TPSA) is 149 Å². The molecule has 154 valence electrons. The molecule has 3 amide bonds. The van der Waals surface area contributed by atoms with Crippen LogP contribution in [0.2, 0.25) is 5.02 Å². The third-order valence-corrected chi connectivity index (χ3v) is 4.81. The van der Waals surface area contributed by atoms with E-state index in [2.05, 4.69) is 10.4 Å². The lowest BCUT2D eigenvalue weighted by Crippen LogP contribution is -2.24. The number of methoxy groups -OCH3 is 1. The molecular formula is C17H17ClN4O6S. The molecule has 2 aromatic carbocycles. The molecule has 0 bridgehead atoms. The van der Waals surface area contributed by atoms with Gasteiger partial charge in [-0.25, -0.2) is 10.2 Å². The van der Waals surface area contributed by atoms with E-state index in [1.165, 1.54) is 56.6 Å². The van der Waals surface area contributed by atoms with Crippen LogP contribution in [-0.4, -0.2) is 33.7 Å². The highest BCUT2D eigenvalue weighted by atomic mass is 35.5. The van der Waals surface area contributed by atoms with Crippen LogP contribution in [0.3, 0.4) is 0 Å². The minimum atomic E-state index is -4.24. The van der Waals surface area contributed by atoms with Crippen molar-refractivity contribution in [3.63, 3.8) is 0 Å². The number of ether oxygens (including phenoxy) is 1. The van der Waals surface area contributed by atoms with Gasteiger partial charge in [0.15, 0.2) is 5.75 Å². The number of benzene rings is 2. The van der Waals surface area contributed by atoms with E-state index in [1.54, 1.807) is 0 Å². The van der Waals surface area contributed by atoms with E-state index >= 15 is 0 Å². The Bertz CT molecular complexity index is 1050. The van der Waals surface area contributed by atoms with Crippen molar-refractivity contribution in [1.82, 2.24) is 5.43 Å². The normalized spacial score (nSPS) is 11.1. The van der Waals surface area contributed by atoms with Crippen LogP contribution in [0.15, 0.2) is 46.4 Å². The number of urea groups is 1. The summed E-state index contributed by atoms with van der Waals surface area (Å²) in [6.07, 6.45) is 1.23. The van der Waals surface area contributed by atoms with Crippen molar-refractivity contribution in [3.8, 4) is 11.5 Å². The summed E-state index contributed by atoms with van der Waals surface area (Å²) in [4.78, 5) is 21.5. The summed E-state index contributed by atoms with van der Waals surface area (Å²) in [5.41, 5.74) is 7.74. The average molecular weight is 441 g/mol. The highest BCUT2D eigenvalue weighted by Crippen LogP contribution is 2.38. The van der Waals surface area contributed by atoms with Gasteiger partial charge in [0.2, 0.25) is 11.7 Å². The Morgan fingerprint density at radius 3 is 2.41 bits per heavy atom. The lowest BCUT2D eigenvalue weighted by Gasteiger charge is -2.13. The van der Waals surface area contributed by atoms with Gasteiger partial charge in [-0.15, -0.1) is 0 Å². The largest absolute Gasteiger partial charge is 0.493 e. The summed E-state index contributed by atoms with van der Waals surface area (Å²) in [7, 11) is -2.94. The van der Waals surface area contributed by atoms with E-state index < -0.39 is 16.1 Å². The van der Waals surface area contributed by atoms with Crippen LogP contribution in [0.25, 0.3) is 0 Å². The molecule has 0 aliphatic heterocycles. The van der Waals surface area contributed by atoms with Gasteiger partial charge >= 0.3 is 16.1 Å². The van der Waals surface area contributed by atoms with Gasteiger partial charge in [0.1, 0.15) is 4.90 Å². The smallest absolute Gasteiger partial charge is 0.339 e. The molecule has 0 spiro atoms. The number of primary amides is 1. The van der Waals surface area contributed by atoms with Crippen LogP contribution in [0, 0.1) is 0 Å². The van der Waals surface area contributed by atoms with Gasteiger partial charge in [-0.1, -0.05) is 11.6 Å². The van der Waals surface area contributed by atoms with Gasteiger partial charge in [0.05, 0.1) is 18.3 Å². The van der Waals surface area contributed by atoms with E-state index in [9.17, 15) is 18.0 Å². The lowest BCUT2D eigenvalue weighted by atomic mass is 10.2. The number of carbonyl (C=O) groups excluding carboxylic acids is 2. The Hall–Kier alpha value is -3.31. The molecule has 0 atom stereocenters. The van der Waals surface area contributed by atoms with E-state index in [1.807, 2.05) is 5.43 Å². The minimum Gasteiger partial charge on any atom is -0.493 e. The molecule has 0 unspecified atom stereocenters. The fourth-order valence-electron chi connectivity index (χ4n) is 2.13. The third-order valence-electron chi connectivity index (χ3n) is 3.30. The number of rotatable bonds is 7. The second-order valence-corrected chi connectivity index (χ2v) is 7.46. The predicted octanol–water partition coefficient (Wildman–Crippen LogP) is 2.08. The Morgan fingerprint density at radius 2 is 1.86 bits per heavy atom. The minimum absolute atomic E-state index is 0.0245. The average Bonchev–Trinajstić information content (AvgIpc) is 2.63. The van der Waals surface area contributed by atoms with Gasteiger partial charge in [-0.3, -0.25) is 4.79 Å². The second kappa shape index (κ2) is 9.26. The Kier molecular flexibility index (Phi) is 7.02.